The van der Waals surface area contributed by atoms with E-state index < -0.39 is 16.1 Å². The lowest BCUT2D eigenvalue weighted by molar-refractivity contribution is 0.0770. The number of likely N-dealkylation sites (tertiary alicyclic amines) is 1. The van der Waals surface area contributed by atoms with Gasteiger partial charge in [-0.25, -0.2) is 13.2 Å². The molecule has 0 amide bonds. The number of aromatic nitrogens is 5. The van der Waals surface area contributed by atoms with Crippen molar-refractivity contribution in [1.82, 2.24) is 33.5 Å². The fourth-order valence-electron chi connectivity index (χ4n) is 5.54. The van der Waals surface area contributed by atoms with Crippen LogP contribution in [0.3, 0.4) is 0 Å². The molecule has 1 saturated heterocycles. The van der Waals surface area contributed by atoms with Crippen LogP contribution >= 0.6 is 15.9 Å². The summed E-state index contributed by atoms with van der Waals surface area (Å²) in [5.41, 5.74) is 3.41. The van der Waals surface area contributed by atoms with E-state index in [1.54, 1.807) is 35.4 Å². The van der Waals surface area contributed by atoms with Crippen LogP contribution < -0.4 is 10.4 Å². The number of pyridine rings is 1. The van der Waals surface area contributed by atoms with Gasteiger partial charge in [-0.15, -0.1) is 0 Å². The number of nitrogens with one attached hydrogen (secondary N) is 1. The van der Waals surface area contributed by atoms with E-state index >= 15 is 0 Å². The minimum atomic E-state index is -3.39. The third-order valence-electron chi connectivity index (χ3n) is 7.66. The first-order chi connectivity index (χ1) is 20.0. The minimum absolute atomic E-state index is 0.00209. The number of benzene rings is 1. The number of sulfonamides is 1. The number of β-amino-alcohol motifs (C(OH)–C–C–N with tert-alkyl or cyclic N) is 1. The Morgan fingerprint density at radius 3 is 2.52 bits per heavy atom. The van der Waals surface area contributed by atoms with Gasteiger partial charge in [-0.1, -0.05) is 35.0 Å². The van der Waals surface area contributed by atoms with E-state index in [1.165, 1.54) is 10.6 Å². The van der Waals surface area contributed by atoms with E-state index in [0.717, 1.165) is 41.5 Å². The van der Waals surface area contributed by atoms with Gasteiger partial charge in [0.1, 0.15) is 0 Å². The van der Waals surface area contributed by atoms with Crippen molar-refractivity contribution < 1.29 is 18.3 Å². The zero-order valence-corrected chi connectivity index (χ0v) is 26.3. The SMILES string of the molecule is CCN(Cc1cn(CC(O)CN2CCC(n3c(=O)[nH]c4ccc(OC)nc43)CC2)nc1-c1ccc(Br)cc1)S(C)(=O)=O. The van der Waals surface area contributed by atoms with Gasteiger partial charge in [0.2, 0.25) is 15.9 Å². The number of ether oxygens (including phenoxy) is 1. The Kier molecular flexibility index (Phi) is 9.18. The first-order valence-corrected chi connectivity index (χ1v) is 16.5. The normalized spacial score (nSPS) is 16.0. The molecule has 1 fully saturated rings. The first-order valence-electron chi connectivity index (χ1n) is 13.9. The Morgan fingerprint density at radius 1 is 1.17 bits per heavy atom. The van der Waals surface area contributed by atoms with Crippen molar-refractivity contribution in [3.8, 4) is 17.1 Å². The van der Waals surface area contributed by atoms with Crippen LogP contribution in [-0.4, -0.2) is 92.7 Å². The molecule has 2 N–H and O–H groups in total. The van der Waals surface area contributed by atoms with E-state index in [-0.39, 0.29) is 24.8 Å². The summed E-state index contributed by atoms with van der Waals surface area (Å²) in [5, 5.41) is 15.8. The maximum absolute atomic E-state index is 12.7. The molecule has 0 spiro atoms. The second kappa shape index (κ2) is 12.7. The van der Waals surface area contributed by atoms with Gasteiger partial charge >= 0.3 is 5.69 Å². The topological polar surface area (TPSA) is 139 Å². The molecule has 3 aromatic heterocycles. The van der Waals surface area contributed by atoms with Crippen LogP contribution in [0, 0.1) is 0 Å². The van der Waals surface area contributed by atoms with Crippen molar-refractivity contribution in [3.05, 3.63) is 63.1 Å². The lowest BCUT2D eigenvalue weighted by Gasteiger charge is -2.33. The number of aliphatic hydroxyl groups excluding tert-OH is 1. The largest absolute Gasteiger partial charge is 0.481 e. The molecule has 1 aliphatic rings. The number of nitrogens with zero attached hydrogens (tertiary/aromatic N) is 6. The molecule has 1 unspecified atom stereocenters. The Hall–Kier alpha value is -3.04. The molecule has 0 saturated carbocycles. The van der Waals surface area contributed by atoms with E-state index in [4.69, 9.17) is 9.84 Å². The summed E-state index contributed by atoms with van der Waals surface area (Å²) in [7, 11) is -1.84. The maximum atomic E-state index is 12.7. The minimum Gasteiger partial charge on any atom is -0.481 e. The molecule has 226 valence electrons. The van der Waals surface area contributed by atoms with E-state index in [1.807, 2.05) is 30.5 Å². The summed E-state index contributed by atoms with van der Waals surface area (Å²) in [6, 6.07) is 11.2. The predicted molar refractivity (Wildman–Crippen MR) is 164 cm³/mol. The monoisotopic (exact) mass is 661 g/mol. The van der Waals surface area contributed by atoms with Gasteiger partial charge in [0.25, 0.3) is 0 Å². The summed E-state index contributed by atoms with van der Waals surface area (Å²) in [6.07, 6.45) is 3.83. The number of hydrogen-bond acceptors (Lipinski definition) is 8. The third kappa shape index (κ3) is 6.78. The zero-order valence-electron chi connectivity index (χ0n) is 23.9. The van der Waals surface area contributed by atoms with Crippen LogP contribution in [0.2, 0.25) is 0 Å². The van der Waals surface area contributed by atoms with Crippen LogP contribution in [0.15, 0.2) is 51.9 Å². The molecule has 1 atom stereocenters. The number of fused-ring (bicyclic) bond motifs is 1. The average molecular weight is 663 g/mol. The number of aromatic amines is 1. The highest BCUT2D eigenvalue weighted by molar-refractivity contribution is 9.10. The van der Waals surface area contributed by atoms with Crippen molar-refractivity contribution in [2.75, 3.05) is 39.5 Å². The number of imidazole rings is 1. The Labute approximate surface area is 253 Å². The Bertz CT molecular complexity index is 1690. The van der Waals surface area contributed by atoms with Gasteiger partial charge in [0, 0.05) is 66.6 Å². The van der Waals surface area contributed by atoms with Crippen LogP contribution in [0.4, 0.5) is 0 Å². The van der Waals surface area contributed by atoms with Crippen LogP contribution in [0.25, 0.3) is 22.4 Å². The van der Waals surface area contributed by atoms with Crippen molar-refractivity contribution in [1.29, 1.82) is 0 Å². The molecule has 0 radical (unpaired) electrons. The predicted octanol–water partition coefficient (Wildman–Crippen LogP) is 2.84. The quantitative estimate of drug-likeness (QED) is 0.250. The first kappa shape index (κ1) is 30.4. The number of rotatable bonds is 11. The molecular weight excluding hydrogens is 626 g/mol. The van der Waals surface area contributed by atoms with Crippen molar-refractivity contribution in [2.24, 2.45) is 0 Å². The van der Waals surface area contributed by atoms with E-state index in [9.17, 15) is 18.3 Å². The third-order valence-corrected chi connectivity index (χ3v) is 9.51. The van der Waals surface area contributed by atoms with E-state index in [0.29, 0.717) is 35.8 Å². The molecule has 4 aromatic rings. The summed E-state index contributed by atoms with van der Waals surface area (Å²) in [4.78, 5) is 22.3. The molecule has 1 aromatic carbocycles. The molecule has 0 aliphatic carbocycles. The summed E-state index contributed by atoms with van der Waals surface area (Å²) < 4.78 is 35.6. The smallest absolute Gasteiger partial charge is 0.327 e. The highest BCUT2D eigenvalue weighted by Crippen LogP contribution is 2.27. The van der Waals surface area contributed by atoms with Gasteiger partial charge in [0.05, 0.1) is 37.2 Å². The summed E-state index contributed by atoms with van der Waals surface area (Å²) in [6.45, 7) is 4.50. The number of methoxy groups -OCH3 is 1. The molecule has 42 heavy (non-hydrogen) atoms. The molecule has 1 aliphatic heterocycles. The Morgan fingerprint density at radius 2 is 1.88 bits per heavy atom. The Balaban J connectivity index is 1.26. The fraction of sp³-hybridized carbons (Fsp3) is 0.464. The molecule has 0 bridgehead atoms. The van der Waals surface area contributed by atoms with E-state index in [2.05, 4.69) is 30.8 Å². The average Bonchev–Trinajstić information content (AvgIpc) is 3.50. The highest BCUT2D eigenvalue weighted by Gasteiger charge is 2.26. The zero-order chi connectivity index (χ0) is 30.0. The number of H-pyrrole nitrogens is 1. The molecule has 4 heterocycles. The molecule has 12 nitrogen and oxygen atoms in total. The van der Waals surface area contributed by atoms with Gasteiger partial charge in [-0.05, 0) is 31.0 Å². The number of piperidine rings is 1. The summed E-state index contributed by atoms with van der Waals surface area (Å²) in [5.74, 6) is 0.458. The second-order valence-electron chi connectivity index (χ2n) is 10.6. The number of hydrogen-bond donors (Lipinski definition) is 2. The van der Waals surface area contributed by atoms with Crippen LogP contribution in [0.5, 0.6) is 5.88 Å². The standard InChI is InChI=1S/C28H36BrN7O5S/c1-4-35(42(3,39)40)16-20-15-34(32-26(20)19-5-7-21(29)8-6-19)18-23(37)17-33-13-11-22(12-14-33)36-27-24(30-28(36)38)9-10-25(31-27)41-2/h5-10,15,22-23,37H,4,11-14,16-18H2,1-3H3,(H,30,38). The highest BCUT2D eigenvalue weighted by atomic mass is 79.9. The summed E-state index contributed by atoms with van der Waals surface area (Å²) >= 11 is 3.46. The second-order valence-corrected chi connectivity index (χ2v) is 13.5. The van der Waals surface area contributed by atoms with Gasteiger partial charge in [-0.2, -0.15) is 14.4 Å². The van der Waals surface area contributed by atoms with Crippen molar-refractivity contribution >= 4 is 37.1 Å². The number of halogens is 1. The number of aliphatic hydroxyl groups is 1. The van der Waals surface area contributed by atoms with Crippen LogP contribution in [-0.2, 0) is 23.1 Å². The lowest BCUT2D eigenvalue weighted by atomic mass is 10.0. The fourth-order valence-corrected chi connectivity index (χ4v) is 6.65. The van der Waals surface area contributed by atoms with Gasteiger partial charge in [-0.3, -0.25) is 9.25 Å². The molecule has 5 rings (SSSR count). The van der Waals surface area contributed by atoms with Gasteiger partial charge < -0.3 is 19.7 Å². The maximum Gasteiger partial charge on any atom is 0.327 e. The molecular formula is C28H36BrN7O5S. The van der Waals surface area contributed by atoms with Crippen molar-refractivity contribution in [3.63, 3.8) is 0 Å². The lowest BCUT2D eigenvalue weighted by Crippen LogP contribution is -2.41. The van der Waals surface area contributed by atoms with Crippen LogP contribution in [0.1, 0.15) is 31.4 Å². The van der Waals surface area contributed by atoms with Gasteiger partial charge in [0.15, 0.2) is 5.65 Å². The van der Waals surface area contributed by atoms with Crippen molar-refractivity contribution in [2.45, 2.75) is 45.0 Å². The molecule has 14 heteroatoms.